The van der Waals surface area contributed by atoms with Gasteiger partial charge < -0.3 is 0 Å². The van der Waals surface area contributed by atoms with Crippen LogP contribution in [0.25, 0.3) is 43.1 Å². The smallest absolute Gasteiger partial charge is 0.0771 e. The van der Waals surface area contributed by atoms with E-state index < -0.39 is 18.6 Å². The maximum Gasteiger partial charge on any atom is -0.0771 e. The first-order valence-electron chi connectivity index (χ1n) is 10.2. The van der Waals surface area contributed by atoms with Crippen LogP contribution in [0, 0.1) is 0 Å². The van der Waals surface area contributed by atoms with Crippen LogP contribution in [-0.4, -0.2) is 3.76 Å². The van der Waals surface area contributed by atoms with Crippen molar-refractivity contribution in [1.29, 1.82) is 0 Å². The normalized spacial score (nSPS) is 10.4. The first-order chi connectivity index (χ1) is 15.2. The van der Waals surface area contributed by atoms with Gasteiger partial charge >= 0.3 is 46.4 Å². The molecule has 0 aliphatic rings. The van der Waals surface area contributed by atoms with Crippen molar-refractivity contribution >= 4 is 64.0 Å². The van der Waals surface area contributed by atoms with Crippen LogP contribution in [0.3, 0.4) is 0 Å². The van der Waals surface area contributed by atoms with E-state index in [-0.39, 0.29) is 0 Å². The van der Waals surface area contributed by atoms with Gasteiger partial charge in [-0.1, -0.05) is 72.8 Å². The summed E-state index contributed by atoms with van der Waals surface area (Å²) in [7, 11) is 10.8. The molecular formula is C28H22Cl2Hf-2. The first-order valence-corrected chi connectivity index (χ1v) is 21.2. The van der Waals surface area contributed by atoms with Crippen molar-refractivity contribution in [3.63, 3.8) is 0 Å². The van der Waals surface area contributed by atoms with Crippen LogP contribution < -0.4 is 0 Å². The minimum Gasteiger partial charge on any atom is -0.126 e. The molecule has 0 aromatic heterocycles. The standard InChI is InChI=1S/2C13H9.C2H4.2ClH.Hf/c2*1-3-7-12-10(5-1)9-11-6-2-4-8-13(11)12;1-2;;;/h2*1-9H;1H,2H3;2*1H;/q2*-1;;;;+2/p-2. The van der Waals surface area contributed by atoms with E-state index in [1.807, 2.05) is 10.7 Å². The Morgan fingerprint density at radius 3 is 0.968 bits per heavy atom. The quantitative estimate of drug-likeness (QED) is 0.119. The average molecular weight is 608 g/mol. The minimum absolute atomic E-state index is 1.34. The summed E-state index contributed by atoms with van der Waals surface area (Å²) < 4.78 is 1.91. The fraction of sp³-hybridized carbons (Fsp3) is 0.0357. The maximum atomic E-state index is 5.39. The van der Waals surface area contributed by atoms with E-state index in [9.17, 15) is 0 Å². The van der Waals surface area contributed by atoms with Crippen LogP contribution in [0.2, 0.25) is 0 Å². The van der Waals surface area contributed by atoms with Crippen molar-refractivity contribution in [2.45, 2.75) is 6.92 Å². The van der Waals surface area contributed by atoms with Crippen LogP contribution in [0.4, 0.5) is 0 Å². The van der Waals surface area contributed by atoms with Gasteiger partial charge in [-0.2, -0.15) is 0 Å². The van der Waals surface area contributed by atoms with Crippen LogP contribution in [0.15, 0.2) is 109 Å². The molecule has 0 unspecified atom stereocenters. The molecule has 0 atom stereocenters. The third kappa shape index (κ3) is 5.23. The fourth-order valence-corrected chi connectivity index (χ4v) is 3.81. The molecule has 6 aromatic carbocycles. The minimum atomic E-state index is -1.88. The molecule has 0 N–H and O–H groups in total. The molecule has 3 heteroatoms. The summed E-state index contributed by atoms with van der Waals surface area (Å²) in [6.07, 6.45) is 0. The van der Waals surface area contributed by atoms with E-state index in [0.717, 1.165) is 0 Å². The van der Waals surface area contributed by atoms with Gasteiger partial charge in [0.25, 0.3) is 0 Å². The second-order valence-electron chi connectivity index (χ2n) is 7.22. The average Bonchev–Trinajstić information content (AvgIpc) is 3.38. The van der Waals surface area contributed by atoms with E-state index in [1.165, 1.54) is 43.1 Å². The fourth-order valence-electron chi connectivity index (χ4n) is 3.81. The monoisotopic (exact) mass is 608 g/mol. The molecule has 6 rings (SSSR count). The van der Waals surface area contributed by atoms with Crippen molar-refractivity contribution in [3.05, 3.63) is 109 Å². The maximum absolute atomic E-state index is 5.39. The zero-order valence-corrected chi connectivity index (χ0v) is 22.3. The second kappa shape index (κ2) is 10.5. The molecular weight excluding hydrogens is 586 g/mol. The Bertz CT molecular complexity index is 1260. The van der Waals surface area contributed by atoms with Crippen LogP contribution >= 0.6 is 17.2 Å². The van der Waals surface area contributed by atoms with Gasteiger partial charge in [-0.15, -0.1) is 79.5 Å². The van der Waals surface area contributed by atoms with Gasteiger partial charge in [-0.25, -0.2) is 0 Å². The Labute approximate surface area is 197 Å². The van der Waals surface area contributed by atoms with E-state index >= 15 is 0 Å². The Kier molecular flexibility index (Phi) is 7.50. The summed E-state index contributed by atoms with van der Waals surface area (Å²) in [6, 6.07) is 38.5. The molecule has 0 spiro atoms. The molecule has 6 aromatic rings. The molecule has 0 saturated heterocycles. The molecule has 0 heterocycles. The van der Waals surface area contributed by atoms with Crippen molar-refractivity contribution in [2.75, 3.05) is 0 Å². The van der Waals surface area contributed by atoms with Gasteiger partial charge in [0.05, 0.1) is 0 Å². The predicted molar refractivity (Wildman–Crippen MR) is 138 cm³/mol. The molecule has 0 saturated carbocycles. The molecule has 154 valence electrons. The summed E-state index contributed by atoms with van der Waals surface area (Å²) in [5.74, 6) is 0. The number of hydrogen-bond donors (Lipinski definition) is 0. The van der Waals surface area contributed by atoms with Gasteiger partial charge in [0.15, 0.2) is 0 Å². The van der Waals surface area contributed by atoms with Crippen LogP contribution in [-0.2, 0) is 18.6 Å². The van der Waals surface area contributed by atoms with Gasteiger partial charge in [0, 0.05) is 0 Å². The van der Waals surface area contributed by atoms with Crippen molar-refractivity contribution in [2.24, 2.45) is 0 Å². The SMILES string of the molecule is C[CH]=[Hf]([Cl])[Cl].c1ccc2c(c1)[cH-]c1ccccc12.c1ccc2c(c1)[cH-]c1ccccc12. The van der Waals surface area contributed by atoms with Crippen LogP contribution in [0.1, 0.15) is 6.92 Å². The molecule has 0 fully saturated rings. The summed E-state index contributed by atoms with van der Waals surface area (Å²) in [4.78, 5) is 0. The topological polar surface area (TPSA) is 0 Å². The van der Waals surface area contributed by atoms with Gasteiger partial charge in [-0.05, 0) is 0 Å². The number of hydrogen-bond acceptors (Lipinski definition) is 0. The Hall–Kier alpha value is -2.06. The molecule has 0 amide bonds. The Morgan fingerprint density at radius 1 is 0.516 bits per heavy atom. The van der Waals surface area contributed by atoms with Gasteiger partial charge in [-0.3, -0.25) is 0 Å². The van der Waals surface area contributed by atoms with Crippen LogP contribution in [0.5, 0.6) is 0 Å². The summed E-state index contributed by atoms with van der Waals surface area (Å²) in [6.45, 7) is 1.90. The number of halogens is 2. The number of benzene rings is 4. The first kappa shape index (κ1) is 22.1. The third-order valence-electron chi connectivity index (χ3n) is 5.26. The van der Waals surface area contributed by atoms with Crippen molar-refractivity contribution in [3.8, 4) is 0 Å². The number of fused-ring (bicyclic) bond motifs is 6. The van der Waals surface area contributed by atoms with Crippen molar-refractivity contribution < 1.29 is 18.6 Å². The molecule has 31 heavy (non-hydrogen) atoms. The van der Waals surface area contributed by atoms with Crippen molar-refractivity contribution in [1.82, 2.24) is 0 Å². The predicted octanol–water partition coefficient (Wildman–Crippen LogP) is 9.16. The zero-order valence-electron chi connectivity index (χ0n) is 17.2. The largest absolute Gasteiger partial charge is 0.126 e. The zero-order chi connectivity index (χ0) is 21.6. The third-order valence-corrected chi connectivity index (χ3v) is 10.4. The van der Waals surface area contributed by atoms with E-state index in [1.54, 1.807) is 0 Å². The molecule has 0 aliphatic heterocycles. The molecule has 0 bridgehead atoms. The van der Waals surface area contributed by atoms with E-state index in [4.69, 9.17) is 17.2 Å². The Morgan fingerprint density at radius 2 is 0.742 bits per heavy atom. The van der Waals surface area contributed by atoms with E-state index in [2.05, 4.69) is 109 Å². The summed E-state index contributed by atoms with van der Waals surface area (Å²) in [5, 5.41) is 10.8. The second-order valence-corrected chi connectivity index (χ2v) is 19.6. The Balaban J connectivity index is 0.000000124. The summed E-state index contributed by atoms with van der Waals surface area (Å²) in [5.41, 5.74) is 0. The van der Waals surface area contributed by atoms with Gasteiger partial charge in [0.1, 0.15) is 0 Å². The number of rotatable bonds is 0. The molecule has 0 aliphatic carbocycles. The summed E-state index contributed by atoms with van der Waals surface area (Å²) >= 11 is -1.88. The molecule has 0 radical (unpaired) electrons. The molecule has 0 nitrogen and oxygen atoms in total. The van der Waals surface area contributed by atoms with Gasteiger partial charge in [0.2, 0.25) is 0 Å². The van der Waals surface area contributed by atoms with E-state index in [0.29, 0.717) is 0 Å².